The number of nitrogens with zero attached hydrogens (tertiary/aromatic N) is 1. The molecule has 1 aliphatic heterocycles. The third-order valence-corrected chi connectivity index (χ3v) is 5.28. The van der Waals surface area contributed by atoms with Crippen molar-refractivity contribution in [2.24, 2.45) is 5.92 Å². The van der Waals surface area contributed by atoms with E-state index in [-0.39, 0.29) is 22.8 Å². The maximum atomic E-state index is 14.3. The number of carbonyl (C=O) groups is 1. The molecule has 3 rings (SSSR count). The Morgan fingerprint density at radius 2 is 2.09 bits per heavy atom. The Hall–Kier alpha value is -1.13. The molecule has 1 saturated heterocycles. The molecule has 0 aromatic heterocycles. The van der Waals surface area contributed by atoms with Gasteiger partial charge >= 0.3 is 0 Å². The number of allylic oxidation sites excluding steroid dienone is 1. The lowest BCUT2D eigenvalue weighted by molar-refractivity contribution is -0.126. The summed E-state index contributed by atoms with van der Waals surface area (Å²) < 4.78 is 14.3. The molecule has 2 aliphatic rings. The molecular weight excluding hydrogens is 297 g/mol. The third kappa shape index (κ3) is 3.13. The van der Waals surface area contributed by atoms with Crippen molar-refractivity contribution >= 4 is 18.4 Å². The first-order valence-corrected chi connectivity index (χ1v) is 8.48. The molecule has 2 nitrogen and oxygen atoms in total. The molecule has 2 unspecified atom stereocenters. The highest BCUT2D eigenvalue weighted by atomic mass is 32.1. The number of ketones is 1. The number of likely N-dealkylation sites (tertiary alicyclic amines) is 1. The largest absolute Gasteiger partial charge is 0.297 e. The average Bonchev–Trinajstić information content (AvgIpc) is 3.35. The van der Waals surface area contributed by atoms with E-state index in [1.165, 1.54) is 11.6 Å². The molecule has 0 spiro atoms. The number of Topliss-reactive ketones (excluding diaryl/α,β-unsaturated/α-hetero) is 1. The predicted molar refractivity (Wildman–Crippen MR) is 89.6 cm³/mol. The maximum absolute atomic E-state index is 14.3. The molecule has 1 saturated carbocycles. The number of rotatable bonds is 4. The Morgan fingerprint density at radius 3 is 2.73 bits per heavy atom. The Labute approximate surface area is 136 Å². The highest BCUT2D eigenvalue weighted by molar-refractivity contribution is 7.81. The molecule has 1 heterocycles. The number of benzene rings is 1. The van der Waals surface area contributed by atoms with Crippen LogP contribution in [-0.2, 0) is 4.79 Å². The van der Waals surface area contributed by atoms with Crippen LogP contribution in [0.1, 0.15) is 37.8 Å². The molecule has 2 fully saturated rings. The predicted octanol–water partition coefficient (Wildman–Crippen LogP) is 3.80. The maximum Gasteiger partial charge on any atom is 0.157 e. The zero-order valence-corrected chi connectivity index (χ0v) is 13.7. The van der Waals surface area contributed by atoms with E-state index in [1.807, 2.05) is 13.0 Å². The Bertz CT molecular complexity index is 597. The topological polar surface area (TPSA) is 20.3 Å². The molecule has 1 aliphatic carbocycles. The molecule has 118 valence electrons. The van der Waals surface area contributed by atoms with E-state index in [2.05, 4.69) is 23.6 Å². The van der Waals surface area contributed by atoms with Gasteiger partial charge in [0.15, 0.2) is 5.78 Å². The SMILES string of the molecule is C/C=C1\CN(C(C(=O)C2CC2)c2ccccc2F)CCC1S. The van der Waals surface area contributed by atoms with Gasteiger partial charge in [0.05, 0.1) is 6.04 Å². The molecule has 0 amide bonds. The van der Waals surface area contributed by atoms with Gasteiger partial charge in [-0.2, -0.15) is 12.6 Å². The minimum atomic E-state index is -0.454. The van der Waals surface area contributed by atoms with Crippen LogP contribution in [0.25, 0.3) is 0 Å². The average molecular weight is 319 g/mol. The first kappa shape index (κ1) is 15.8. The molecule has 1 aromatic rings. The fourth-order valence-corrected chi connectivity index (χ4v) is 3.56. The van der Waals surface area contributed by atoms with Crippen LogP contribution < -0.4 is 0 Å². The second kappa shape index (κ2) is 6.55. The van der Waals surface area contributed by atoms with Crippen LogP contribution in [-0.4, -0.2) is 29.0 Å². The Kier molecular flexibility index (Phi) is 4.69. The molecule has 4 heteroatoms. The van der Waals surface area contributed by atoms with E-state index in [0.717, 1.165) is 25.8 Å². The highest BCUT2D eigenvalue weighted by Crippen LogP contribution is 2.39. The molecule has 22 heavy (non-hydrogen) atoms. The van der Waals surface area contributed by atoms with Gasteiger partial charge < -0.3 is 0 Å². The van der Waals surface area contributed by atoms with Crippen molar-refractivity contribution in [3.8, 4) is 0 Å². The number of hydrogen-bond donors (Lipinski definition) is 1. The monoisotopic (exact) mass is 319 g/mol. The summed E-state index contributed by atoms with van der Waals surface area (Å²) in [5.74, 6) is 0.0158. The van der Waals surface area contributed by atoms with E-state index >= 15 is 0 Å². The second-order valence-corrected chi connectivity index (χ2v) is 6.86. The number of carbonyl (C=O) groups excluding carboxylic acids is 1. The van der Waals surface area contributed by atoms with Crippen LogP contribution >= 0.6 is 12.6 Å². The Balaban J connectivity index is 1.92. The summed E-state index contributed by atoms with van der Waals surface area (Å²) in [5, 5.41) is 0.249. The number of hydrogen-bond acceptors (Lipinski definition) is 3. The van der Waals surface area contributed by atoms with Gasteiger partial charge in [-0.25, -0.2) is 4.39 Å². The van der Waals surface area contributed by atoms with E-state index in [1.54, 1.807) is 12.1 Å². The normalized spacial score (nSPS) is 26.1. The van der Waals surface area contributed by atoms with Crippen molar-refractivity contribution < 1.29 is 9.18 Å². The van der Waals surface area contributed by atoms with E-state index in [9.17, 15) is 9.18 Å². The van der Waals surface area contributed by atoms with Gasteiger partial charge in [-0.1, -0.05) is 24.3 Å². The van der Waals surface area contributed by atoms with Crippen molar-refractivity contribution in [3.63, 3.8) is 0 Å². The van der Waals surface area contributed by atoms with Crippen LogP contribution in [0.3, 0.4) is 0 Å². The molecule has 0 radical (unpaired) electrons. The van der Waals surface area contributed by atoms with Crippen LogP contribution in [0.4, 0.5) is 4.39 Å². The molecular formula is C18H22FNOS. The minimum absolute atomic E-state index is 0.118. The highest BCUT2D eigenvalue weighted by Gasteiger charge is 2.40. The first-order chi connectivity index (χ1) is 10.6. The fourth-order valence-electron chi connectivity index (χ4n) is 3.21. The van der Waals surface area contributed by atoms with Gasteiger partial charge in [-0.3, -0.25) is 9.69 Å². The zero-order valence-electron chi connectivity index (χ0n) is 12.8. The van der Waals surface area contributed by atoms with Crippen LogP contribution in [0.5, 0.6) is 0 Å². The van der Waals surface area contributed by atoms with Crippen molar-refractivity contribution in [1.29, 1.82) is 0 Å². The van der Waals surface area contributed by atoms with E-state index in [4.69, 9.17) is 0 Å². The van der Waals surface area contributed by atoms with Crippen LogP contribution in [0.15, 0.2) is 35.9 Å². The molecule has 0 bridgehead atoms. The summed E-state index contributed by atoms with van der Waals surface area (Å²) in [6.07, 6.45) is 4.86. The van der Waals surface area contributed by atoms with Gasteiger partial charge in [0, 0.05) is 29.8 Å². The van der Waals surface area contributed by atoms with Crippen LogP contribution in [0, 0.1) is 11.7 Å². The van der Waals surface area contributed by atoms with Gasteiger partial charge in [-0.15, -0.1) is 0 Å². The first-order valence-electron chi connectivity index (χ1n) is 7.97. The summed E-state index contributed by atoms with van der Waals surface area (Å²) in [6.45, 7) is 3.48. The number of thiol groups is 1. The lowest BCUT2D eigenvalue weighted by Crippen LogP contribution is -2.42. The van der Waals surface area contributed by atoms with Gasteiger partial charge in [0.2, 0.25) is 0 Å². The lowest BCUT2D eigenvalue weighted by Gasteiger charge is -2.37. The second-order valence-electron chi connectivity index (χ2n) is 6.24. The van der Waals surface area contributed by atoms with E-state index in [0.29, 0.717) is 12.1 Å². The summed E-state index contributed by atoms with van der Waals surface area (Å²) in [6, 6.07) is 6.24. The summed E-state index contributed by atoms with van der Waals surface area (Å²) in [5.41, 5.74) is 1.74. The summed E-state index contributed by atoms with van der Waals surface area (Å²) in [4.78, 5) is 14.9. The van der Waals surface area contributed by atoms with Crippen molar-refractivity contribution in [1.82, 2.24) is 4.90 Å². The fraction of sp³-hybridized carbons (Fsp3) is 0.500. The van der Waals surface area contributed by atoms with Gasteiger partial charge in [-0.05, 0) is 37.8 Å². The molecule has 0 N–H and O–H groups in total. The molecule has 2 atom stereocenters. The molecule has 1 aromatic carbocycles. The van der Waals surface area contributed by atoms with Crippen molar-refractivity contribution in [2.75, 3.05) is 13.1 Å². The van der Waals surface area contributed by atoms with Crippen molar-refractivity contribution in [2.45, 2.75) is 37.5 Å². The smallest absolute Gasteiger partial charge is 0.157 e. The Morgan fingerprint density at radius 1 is 1.36 bits per heavy atom. The standard InChI is InChI=1S/C18H22FNOS/c1-2-12-11-20(10-9-16(12)22)17(18(21)13-7-8-13)14-5-3-4-6-15(14)19/h2-6,13,16-17,22H,7-11H2,1H3/b12-2+. The van der Waals surface area contributed by atoms with Gasteiger partial charge in [0.25, 0.3) is 0 Å². The van der Waals surface area contributed by atoms with Crippen molar-refractivity contribution in [3.05, 3.63) is 47.3 Å². The lowest BCUT2D eigenvalue weighted by atomic mass is 9.93. The van der Waals surface area contributed by atoms with E-state index < -0.39 is 6.04 Å². The summed E-state index contributed by atoms with van der Waals surface area (Å²) in [7, 11) is 0. The minimum Gasteiger partial charge on any atom is -0.297 e. The number of piperidine rings is 1. The zero-order chi connectivity index (χ0) is 15.7. The summed E-state index contributed by atoms with van der Waals surface area (Å²) >= 11 is 4.60. The quantitative estimate of drug-likeness (QED) is 0.673. The third-order valence-electron chi connectivity index (χ3n) is 4.69. The number of halogens is 1. The van der Waals surface area contributed by atoms with Crippen LogP contribution in [0.2, 0.25) is 0 Å². The van der Waals surface area contributed by atoms with Gasteiger partial charge in [0.1, 0.15) is 5.82 Å².